The molecule has 4 rings (SSSR count). The van der Waals surface area contributed by atoms with Crippen molar-refractivity contribution in [1.29, 1.82) is 0 Å². The third-order valence-electron chi connectivity index (χ3n) is 5.60. The van der Waals surface area contributed by atoms with Crippen LogP contribution in [0.2, 0.25) is 0 Å². The van der Waals surface area contributed by atoms with E-state index < -0.39 is 6.04 Å². The highest BCUT2D eigenvalue weighted by Gasteiger charge is 2.42. The molecule has 0 spiro atoms. The van der Waals surface area contributed by atoms with Crippen LogP contribution in [-0.4, -0.2) is 49.5 Å². The predicted molar refractivity (Wildman–Crippen MR) is 128 cm³/mol. The van der Waals surface area contributed by atoms with Crippen molar-refractivity contribution in [3.8, 4) is 5.75 Å². The highest BCUT2D eigenvalue weighted by molar-refractivity contribution is 9.10. The largest absolute Gasteiger partial charge is 0.494 e. The minimum absolute atomic E-state index is 0.144. The number of benzene rings is 2. The molecule has 168 valence electrons. The highest BCUT2D eigenvalue weighted by Crippen LogP contribution is 2.39. The minimum atomic E-state index is -0.487. The molecule has 1 aliphatic rings. The molecular weight excluding hydrogens is 472 g/mol. The maximum atomic E-state index is 13.5. The summed E-state index contributed by atoms with van der Waals surface area (Å²) in [7, 11) is 4.01. The van der Waals surface area contributed by atoms with Crippen LogP contribution in [0, 0.1) is 0 Å². The van der Waals surface area contributed by atoms with Crippen LogP contribution in [0.1, 0.15) is 47.5 Å². The average Bonchev–Trinajstić information content (AvgIpc) is 3.05. The van der Waals surface area contributed by atoms with Gasteiger partial charge in [0.1, 0.15) is 11.3 Å². The number of carbonyl (C=O) groups excluding carboxylic acids is 1. The number of rotatable bonds is 8. The maximum absolute atomic E-state index is 13.5. The molecule has 1 aromatic heterocycles. The Kier molecular flexibility index (Phi) is 6.67. The summed E-state index contributed by atoms with van der Waals surface area (Å²) in [5, 5.41) is 0.467. The zero-order valence-electron chi connectivity index (χ0n) is 18.6. The molecule has 0 fully saturated rings. The van der Waals surface area contributed by atoms with E-state index in [1.54, 1.807) is 23.1 Å². The molecule has 6 nitrogen and oxygen atoms in total. The fourth-order valence-electron chi connectivity index (χ4n) is 4.09. The van der Waals surface area contributed by atoms with Crippen molar-refractivity contribution in [1.82, 2.24) is 9.80 Å². The predicted octanol–water partition coefficient (Wildman–Crippen LogP) is 4.84. The molecule has 32 heavy (non-hydrogen) atoms. The zero-order chi connectivity index (χ0) is 22.8. The first-order chi connectivity index (χ1) is 15.4. The zero-order valence-corrected chi connectivity index (χ0v) is 20.1. The Morgan fingerprint density at radius 3 is 2.56 bits per heavy atom. The lowest BCUT2D eigenvalue weighted by molar-refractivity contribution is 0.0722. The van der Waals surface area contributed by atoms with Crippen LogP contribution >= 0.6 is 15.9 Å². The molecule has 2 heterocycles. The van der Waals surface area contributed by atoms with Gasteiger partial charge in [-0.05, 0) is 69.4 Å². The van der Waals surface area contributed by atoms with E-state index in [4.69, 9.17) is 9.15 Å². The second-order valence-electron chi connectivity index (χ2n) is 8.29. The molecule has 0 N–H and O–H groups in total. The van der Waals surface area contributed by atoms with Gasteiger partial charge in [0.25, 0.3) is 5.91 Å². The second-order valence-corrected chi connectivity index (χ2v) is 9.21. The average molecular weight is 499 g/mol. The van der Waals surface area contributed by atoms with Gasteiger partial charge < -0.3 is 19.0 Å². The fraction of sp³-hybridized carbons (Fsp3) is 0.360. The smallest absolute Gasteiger partial charge is 0.290 e. The van der Waals surface area contributed by atoms with Gasteiger partial charge in [-0.2, -0.15) is 0 Å². The van der Waals surface area contributed by atoms with Gasteiger partial charge >= 0.3 is 0 Å². The lowest BCUT2D eigenvalue weighted by Gasteiger charge is -2.26. The Balaban J connectivity index is 1.80. The first-order valence-corrected chi connectivity index (χ1v) is 11.6. The third-order valence-corrected chi connectivity index (χ3v) is 6.09. The lowest BCUT2D eigenvalue weighted by Crippen LogP contribution is -2.32. The molecular formula is C25H27BrN2O4. The van der Waals surface area contributed by atoms with E-state index >= 15 is 0 Å². The van der Waals surface area contributed by atoms with Gasteiger partial charge in [0.05, 0.1) is 23.6 Å². The van der Waals surface area contributed by atoms with E-state index in [9.17, 15) is 9.59 Å². The molecule has 0 saturated heterocycles. The van der Waals surface area contributed by atoms with Crippen molar-refractivity contribution in [2.24, 2.45) is 0 Å². The molecule has 1 amide bonds. The molecule has 3 aromatic rings. The summed E-state index contributed by atoms with van der Waals surface area (Å²) in [6, 6.07) is 12.4. The van der Waals surface area contributed by atoms with Gasteiger partial charge in [0.15, 0.2) is 5.43 Å². The van der Waals surface area contributed by atoms with Crippen molar-refractivity contribution in [2.75, 3.05) is 33.8 Å². The monoisotopic (exact) mass is 498 g/mol. The normalized spacial score (nSPS) is 15.6. The Labute approximate surface area is 195 Å². The summed E-state index contributed by atoms with van der Waals surface area (Å²) in [4.78, 5) is 30.8. The second kappa shape index (κ2) is 9.46. The van der Waals surface area contributed by atoms with E-state index in [2.05, 4.69) is 27.8 Å². The van der Waals surface area contributed by atoms with Crippen LogP contribution in [0.3, 0.4) is 0 Å². The standard InChI is InChI=1S/C25H27BrN2O4/c1-4-14-31-18-9-6-16(7-10-18)22-21-23(29)19-15-17(26)8-11-20(19)32-24(21)25(30)28(22)13-5-12-27(2)3/h6-11,15,22H,4-5,12-14H2,1-3H3. The van der Waals surface area contributed by atoms with Gasteiger partial charge in [-0.1, -0.05) is 35.0 Å². The van der Waals surface area contributed by atoms with Gasteiger partial charge in [-0.15, -0.1) is 0 Å². The molecule has 0 aliphatic carbocycles. The summed E-state index contributed by atoms with van der Waals surface area (Å²) in [5.74, 6) is 0.678. The SMILES string of the molecule is CCCOc1ccc(C2c3c(oc4ccc(Br)cc4c3=O)C(=O)N2CCCN(C)C)cc1. The number of hydrogen-bond acceptors (Lipinski definition) is 5. The summed E-state index contributed by atoms with van der Waals surface area (Å²) in [6.45, 7) is 4.07. The summed E-state index contributed by atoms with van der Waals surface area (Å²) in [5.41, 5.74) is 1.53. The number of carbonyl (C=O) groups is 1. The van der Waals surface area contributed by atoms with Gasteiger partial charge in [-0.25, -0.2) is 0 Å². The number of ether oxygens (including phenoxy) is 1. The number of hydrogen-bond donors (Lipinski definition) is 0. The maximum Gasteiger partial charge on any atom is 0.290 e. The van der Waals surface area contributed by atoms with Crippen LogP contribution in [-0.2, 0) is 0 Å². The van der Waals surface area contributed by atoms with Crippen molar-refractivity contribution in [3.05, 3.63) is 74.0 Å². The van der Waals surface area contributed by atoms with E-state index in [1.807, 2.05) is 38.4 Å². The van der Waals surface area contributed by atoms with Crippen LogP contribution in [0.4, 0.5) is 0 Å². The quantitative estimate of drug-likeness (QED) is 0.444. The van der Waals surface area contributed by atoms with Crippen molar-refractivity contribution in [3.63, 3.8) is 0 Å². The highest BCUT2D eigenvalue weighted by atomic mass is 79.9. The molecule has 0 saturated carbocycles. The van der Waals surface area contributed by atoms with Crippen LogP contribution < -0.4 is 10.2 Å². The summed E-state index contributed by atoms with van der Waals surface area (Å²) in [6.07, 6.45) is 1.72. The molecule has 0 bridgehead atoms. The minimum Gasteiger partial charge on any atom is -0.494 e. The van der Waals surface area contributed by atoms with Crippen LogP contribution in [0.5, 0.6) is 5.75 Å². The fourth-order valence-corrected chi connectivity index (χ4v) is 4.45. The van der Waals surface area contributed by atoms with E-state index in [0.29, 0.717) is 29.7 Å². The van der Waals surface area contributed by atoms with Crippen molar-refractivity contribution >= 4 is 32.8 Å². The first-order valence-electron chi connectivity index (χ1n) is 10.9. The summed E-state index contributed by atoms with van der Waals surface area (Å²) >= 11 is 3.43. The molecule has 1 unspecified atom stereocenters. The molecule has 0 radical (unpaired) electrons. The number of amides is 1. The molecule has 7 heteroatoms. The van der Waals surface area contributed by atoms with Gasteiger partial charge in [0, 0.05) is 11.0 Å². The lowest BCUT2D eigenvalue weighted by atomic mass is 9.98. The van der Waals surface area contributed by atoms with Crippen molar-refractivity contribution in [2.45, 2.75) is 25.8 Å². The van der Waals surface area contributed by atoms with E-state index in [-0.39, 0.29) is 17.1 Å². The van der Waals surface area contributed by atoms with Gasteiger partial charge in [-0.3, -0.25) is 9.59 Å². The molecule has 1 atom stereocenters. The topological polar surface area (TPSA) is 63.0 Å². The molecule has 2 aromatic carbocycles. The third kappa shape index (κ3) is 4.32. The van der Waals surface area contributed by atoms with E-state index in [1.165, 1.54) is 0 Å². The van der Waals surface area contributed by atoms with Gasteiger partial charge in [0.2, 0.25) is 5.76 Å². The number of halogens is 1. The Morgan fingerprint density at radius 2 is 1.88 bits per heavy atom. The Morgan fingerprint density at radius 1 is 1.12 bits per heavy atom. The molecule has 1 aliphatic heterocycles. The van der Waals surface area contributed by atoms with Crippen LogP contribution in [0.15, 0.2) is 56.1 Å². The van der Waals surface area contributed by atoms with E-state index in [0.717, 1.165) is 35.2 Å². The first kappa shape index (κ1) is 22.6. The van der Waals surface area contributed by atoms with Crippen LogP contribution in [0.25, 0.3) is 11.0 Å². The summed E-state index contributed by atoms with van der Waals surface area (Å²) < 4.78 is 12.5. The Hall–Kier alpha value is -2.64. The van der Waals surface area contributed by atoms with Crippen molar-refractivity contribution < 1.29 is 13.9 Å². The number of fused-ring (bicyclic) bond motifs is 2. The number of nitrogens with zero attached hydrogens (tertiary/aromatic N) is 2. The Bertz CT molecular complexity index is 1190.